The lowest BCUT2D eigenvalue weighted by molar-refractivity contribution is -0.204. The Morgan fingerprint density at radius 2 is 2.04 bits per heavy atom. The number of nitrogens with one attached hydrogen (secondary N) is 1. The summed E-state index contributed by atoms with van der Waals surface area (Å²) in [5.41, 5.74) is 6.85. The molecule has 2 aromatic heterocycles. The zero-order valence-corrected chi connectivity index (χ0v) is 12.3. The Hall–Kier alpha value is -2.43. The van der Waals surface area contributed by atoms with E-state index in [2.05, 4.69) is 10.1 Å². The van der Waals surface area contributed by atoms with E-state index < -0.39 is 31.0 Å². The maximum atomic E-state index is 13.6. The van der Waals surface area contributed by atoms with Gasteiger partial charge in [0, 0.05) is 13.1 Å². The molecule has 1 saturated heterocycles. The SMILES string of the molecule is NCc1cn2ncc(CN3CC(F)(F)C(F)(F)CNC3=O)cc2n1. The maximum Gasteiger partial charge on any atom is 0.329 e. The summed E-state index contributed by atoms with van der Waals surface area (Å²) in [6, 6.07) is 0.540. The lowest BCUT2D eigenvalue weighted by Crippen LogP contribution is -2.48. The molecule has 3 N–H and O–H groups in total. The van der Waals surface area contributed by atoms with E-state index in [1.807, 2.05) is 5.32 Å². The van der Waals surface area contributed by atoms with Crippen molar-refractivity contribution in [1.82, 2.24) is 24.8 Å². The van der Waals surface area contributed by atoms with Crippen LogP contribution in [0.5, 0.6) is 0 Å². The van der Waals surface area contributed by atoms with Crippen LogP contribution in [0.2, 0.25) is 0 Å². The Bertz CT molecular complexity index is 777. The molecule has 1 aliphatic heterocycles. The molecule has 0 bridgehead atoms. The summed E-state index contributed by atoms with van der Waals surface area (Å²) in [6.07, 6.45) is 2.95. The lowest BCUT2D eigenvalue weighted by atomic mass is 10.1. The van der Waals surface area contributed by atoms with Crippen molar-refractivity contribution in [2.45, 2.75) is 24.9 Å². The van der Waals surface area contributed by atoms with Gasteiger partial charge in [-0.15, -0.1) is 0 Å². The third kappa shape index (κ3) is 2.86. The molecule has 1 fully saturated rings. The second-order valence-corrected chi connectivity index (χ2v) is 5.53. The molecule has 130 valence electrons. The number of hydrogen-bond acceptors (Lipinski definition) is 4. The number of nitrogens with two attached hydrogens (primary N) is 1. The number of amides is 2. The van der Waals surface area contributed by atoms with Gasteiger partial charge in [0.1, 0.15) is 0 Å². The van der Waals surface area contributed by atoms with Crippen molar-refractivity contribution in [2.24, 2.45) is 5.73 Å². The van der Waals surface area contributed by atoms with Crippen molar-refractivity contribution in [3.63, 3.8) is 0 Å². The van der Waals surface area contributed by atoms with Crippen LogP contribution in [-0.2, 0) is 13.1 Å². The number of alkyl halides is 4. The van der Waals surface area contributed by atoms with Crippen molar-refractivity contribution < 1.29 is 22.4 Å². The second kappa shape index (κ2) is 5.58. The minimum Gasteiger partial charge on any atom is -0.332 e. The number of carbonyl (C=O) groups excluding carboxylic acids is 1. The standard InChI is InChI=1S/C13H14F4N6O/c14-12(15)6-19-11(24)22(7-13(12,16)17)4-8-1-10-21-9(2-18)5-23(10)20-3-8/h1,3,5H,2,4,6-7,18H2,(H,19,24). The number of urea groups is 1. The molecule has 11 heteroatoms. The largest absolute Gasteiger partial charge is 0.332 e. The smallest absolute Gasteiger partial charge is 0.329 e. The fourth-order valence-corrected chi connectivity index (χ4v) is 2.35. The number of hydrogen-bond donors (Lipinski definition) is 2. The topological polar surface area (TPSA) is 88.5 Å². The summed E-state index contributed by atoms with van der Waals surface area (Å²) >= 11 is 0. The third-order valence-electron chi connectivity index (χ3n) is 3.68. The fourth-order valence-electron chi connectivity index (χ4n) is 2.35. The van der Waals surface area contributed by atoms with Gasteiger partial charge in [-0.1, -0.05) is 0 Å². The van der Waals surface area contributed by atoms with Crippen molar-refractivity contribution in [2.75, 3.05) is 13.1 Å². The number of fused-ring (bicyclic) bond motifs is 1. The summed E-state index contributed by atoms with van der Waals surface area (Å²) in [4.78, 5) is 16.6. The molecule has 0 spiro atoms. The van der Waals surface area contributed by atoms with Gasteiger partial charge < -0.3 is 16.0 Å². The number of nitrogens with zero attached hydrogens (tertiary/aromatic N) is 4. The molecule has 7 nitrogen and oxygen atoms in total. The van der Waals surface area contributed by atoms with Gasteiger partial charge in [-0.3, -0.25) is 0 Å². The highest BCUT2D eigenvalue weighted by molar-refractivity contribution is 5.74. The van der Waals surface area contributed by atoms with E-state index in [1.54, 1.807) is 6.20 Å². The summed E-state index contributed by atoms with van der Waals surface area (Å²) in [6.45, 7) is -2.90. The van der Waals surface area contributed by atoms with E-state index in [4.69, 9.17) is 5.73 Å². The van der Waals surface area contributed by atoms with Gasteiger partial charge in [-0.25, -0.2) is 14.3 Å². The first-order valence-corrected chi connectivity index (χ1v) is 7.03. The zero-order valence-electron chi connectivity index (χ0n) is 12.3. The first-order chi connectivity index (χ1) is 11.2. The van der Waals surface area contributed by atoms with Crippen LogP contribution in [0, 0.1) is 0 Å². The van der Waals surface area contributed by atoms with E-state index in [-0.39, 0.29) is 13.1 Å². The van der Waals surface area contributed by atoms with Crippen LogP contribution in [0.15, 0.2) is 18.5 Å². The summed E-state index contributed by atoms with van der Waals surface area (Å²) in [7, 11) is 0. The van der Waals surface area contributed by atoms with Gasteiger partial charge in [0.2, 0.25) is 0 Å². The van der Waals surface area contributed by atoms with E-state index >= 15 is 0 Å². The van der Waals surface area contributed by atoms with Crippen LogP contribution in [0.1, 0.15) is 11.3 Å². The number of rotatable bonds is 3. The van der Waals surface area contributed by atoms with Crippen LogP contribution in [0.3, 0.4) is 0 Å². The number of imidazole rings is 1. The van der Waals surface area contributed by atoms with Gasteiger partial charge in [0.25, 0.3) is 0 Å². The lowest BCUT2D eigenvalue weighted by Gasteiger charge is -2.26. The Morgan fingerprint density at radius 1 is 1.29 bits per heavy atom. The molecule has 3 heterocycles. The van der Waals surface area contributed by atoms with Crippen LogP contribution >= 0.6 is 0 Å². The molecule has 1 aliphatic rings. The minimum absolute atomic E-state index is 0.203. The molecular weight excluding hydrogens is 332 g/mol. The third-order valence-corrected chi connectivity index (χ3v) is 3.68. The molecule has 0 aliphatic carbocycles. The molecule has 3 rings (SSSR count). The van der Waals surface area contributed by atoms with E-state index in [0.717, 1.165) is 0 Å². The van der Waals surface area contributed by atoms with Crippen LogP contribution in [-0.4, -0.2) is 50.5 Å². The Morgan fingerprint density at radius 3 is 2.75 bits per heavy atom. The van der Waals surface area contributed by atoms with Crippen molar-refractivity contribution in [1.29, 1.82) is 0 Å². The fraction of sp³-hybridized carbons (Fsp3) is 0.462. The predicted octanol–water partition coefficient (Wildman–Crippen LogP) is 0.984. The van der Waals surface area contributed by atoms with Gasteiger partial charge in [-0.2, -0.15) is 22.7 Å². The summed E-state index contributed by atoms with van der Waals surface area (Å²) in [5.74, 6) is -8.64. The maximum absolute atomic E-state index is 13.6. The zero-order chi connectivity index (χ0) is 17.5. The second-order valence-electron chi connectivity index (χ2n) is 5.53. The van der Waals surface area contributed by atoms with Crippen molar-refractivity contribution >= 4 is 11.7 Å². The molecule has 2 amide bonds. The quantitative estimate of drug-likeness (QED) is 0.811. The summed E-state index contributed by atoms with van der Waals surface area (Å²) < 4.78 is 55.4. The molecule has 0 saturated carbocycles. The van der Waals surface area contributed by atoms with E-state index in [1.165, 1.54) is 16.8 Å². The average molecular weight is 346 g/mol. The van der Waals surface area contributed by atoms with Gasteiger partial charge in [-0.05, 0) is 11.6 Å². The van der Waals surface area contributed by atoms with Crippen molar-refractivity contribution in [3.8, 4) is 0 Å². The highest BCUT2D eigenvalue weighted by Crippen LogP contribution is 2.36. The molecule has 0 aromatic carbocycles. The summed E-state index contributed by atoms with van der Waals surface area (Å²) in [5, 5.41) is 5.84. The molecule has 24 heavy (non-hydrogen) atoms. The first-order valence-electron chi connectivity index (χ1n) is 7.03. The predicted molar refractivity (Wildman–Crippen MR) is 74.6 cm³/mol. The molecule has 2 aromatic rings. The van der Waals surface area contributed by atoms with E-state index in [0.29, 0.717) is 21.8 Å². The Balaban J connectivity index is 1.85. The molecule has 0 unspecified atom stereocenters. The van der Waals surface area contributed by atoms with Crippen LogP contribution in [0.4, 0.5) is 22.4 Å². The van der Waals surface area contributed by atoms with E-state index in [9.17, 15) is 22.4 Å². The highest BCUT2D eigenvalue weighted by Gasteiger charge is 2.59. The van der Waals surface area contributed by atoms with Crippen molar-refractivity contribution in [3.05, 3.63) is 29.7 Å². The highest BCUT2D eigenvalue weighted by atomic mass is 19.3. The van der Waals surface area contributed by atoms with Gasteiger partial charge in [0.05, 0.1) is 31.2 Å². The van der Waals surface area contributed by atoms with Crippen LogP contribution < -0.4 is 11.1 Å². The van der Waals surface area contributed by atoms with Gasteiger partial charge in [0.15, 0.2) is 5.65 Å². The molecule has 0 atom stereocenters. The normalized spacial score (nSPS) is 20.0. The average Bonchev–Trinajstić information content (AvgIpc) is 2.90. The minimum atomic E-state index is -4.33. The monoisotopic (exact) mass is 346 g/mol. The number of halogens is 4. The van der Waals surface area contributed by atoms with Gasteiger partial charge >= 0.3 is 17.9 Å². The Kier molecular flexibility index (Phi) is 3.82. The van der Waals surface area contributed by atoms with Crippen LogP contribution in [0.25, 0.3) is 5.65 Å². The molecular formula is C13H14F4N6O. The number of aromatic nitrogens is 3. The first kappa shape index (κ1) is 16.4. The Labute approximate surface area is 133 Å². The molecule has 0 radical (unpaired) electrons. The number of carbonyl (C=O) groups is 1.